The van der Waals surface area contributed by atoms with Gasteiger partial charge in [-0.15, -0.1) is 4.73 Å². The molecule has 1 aromatic heterocycles. The van der Waals surface area contributed by atoms with Gasteiger partial charge in [0.1, 0.15) is 6.61 Å². The average molecular weight is 281 g/mol. The monoisotopic (exact) mass is 281 g/mol. The summed E-state index contributed by atoms with van der Waals surface area (Å²) in [6.07, 6.45) is 9.15. The first-order chi connectivity index (χ1) is 9.66. The molecule has 1 aliphatic carbocycles. The smallest absolute Gasteiger partial charge is 0.358 e. The van der Waals surface area contributed by atoms with Crippen LogP contribution in [0.3, 0.4) is 0 Å². The minimum absolute atomic E-state index is 0.0411. The molecule has 0 radical (unpaired) electrons. The summed E-state index contributed by atoms with van der Waals surface area (Å²) >= 11 is 0. The zero-order chi connectivity index (χ0) is 14.4. The van der Waals surface area contributed by atoms with Crippen molar-refractivity contribution in [3.05, 3.63) is 24.3 Å². The lowest BCUT2D eigenvalue weighted by molar-refractivity contribution is -0.153. The fourth-order valence-electron chi connectivity index (χ4n) is 2.10. The van der Waals surface area contributed by atoms with Crippen molar-refractivity contribution < 1.29 is 24.6 Å². The van der Waals surface area contributed by atoms with Gasteiger partial charge >= 0.3 is 5.97 Å². The summed E-state index contributed by atoms with van der Waals surface area (Å²) in [6.45, 7) is -0.203. The van der Waals surface area contributed by atoms with Crippen LogP contribution >= 0.6 is 0 Å². The second-order valence-electron chi connectivity index (χ2n) is 4.72. The minimum Gasteiger partial charge on any atom is -0.492 e. The Kier molecular flexibility index (Phi) is 5.06. The lowest BCUT2D eigenvalue weighted by Crippen LogP contribution is -2.26. The van der Waals surface area contributed by atoms with E-state index >= 15 is 0 Å². The number of ether oxygens (including phenoxy) is 1. The van der Waals surface area contributed by atoms with Crippen LogP contribution in [0.5, 0.6) is 11.8 Å². The SMILES string of the molecule is O=C(COC1CCC=CCCC1)On1c(O)ccc1O. The van der Waals surface area contributed by atoms with E-state index in [4.69, 9.17) is 9.57 Å². The van der Waals surface area contributed by atoms with Gasteiger partial charge in [-0.25, -0.2) is 4.79 Å². The van der Waals surface area contributed by atoms with E-state index < -0.39 is 5.97 Å². The third-order valence-corrected chi connectivity index (χ3v) is 3.15. The standard InChI is InChI=1S/C14H19NO5/c16-12-8-9-13(17)15(12)20-14(18)10-19-11-6-4-2-1-3-5-7-11/h1-2,8-9,11,16-17H,3-7,10H2. The Morgan fingerprint density at radius 3 is 2.65 bits per heavy atom. The molecule has 6 heteroatoms. The van der Waals surface area contributed by atoms with Crippen LogP contribution in [0.4, 0.5) is 0 Å². The van der Waals surface area contributed by atoms with Crippen molar-refractivity contribution in [2.75, 3.05) is 6.61 Å². The highest BCUT2D eigenvalue weighted by Gasteiger charge is 2.15. The normalized spacial score (nSPS) is 19.3. The van der Waals surface area contributed by atoms with Crippen molar-refractivity contribution in [1.82, 2.24) is 4.73 Å². The summed E-state index contributed by atoms with van der Waals surface area (Å²) in [6, 6.07) is 2.45. The van der Waals surface area contributed by atoms with Gasteiger partial charge in [0.05, 0.1) is 6.10 Å². The molecule has 1 atom stereocenters. The molecule has 0 spiro atoms. The van der Waals surface area contributed by atoms with E-state index in [9.17, 15) is 15.0 Å². The first-order valence-corrected chi connectivity index (χ1v) is 6.74. The van der Waals surface area contributed by atoms with Crippen molar-refractivity contribution in [2.45, 2.75) is 38.2 Å². The van der Waals surface area contributed by atoms with Gasteiger partial charge < -0.3 is 19.8 Å². The number of carbonyl (C=O) groups is 1. The summed E-state index contributed by atoms with van der Waals surface area (Å²) in [5, 5.41) is 18.7. The van der Waals surface area contributed by atoms with E-state index in [1.807, 2.05) is 0 Å². The topological polar surface area (TPSA) is 80.9 Å². The first kappa shape index (κ1) is 14.5. The van der Waals surface area contributed by atoms with Crippen molar-refractivity contribution in [3.63, 3.8) is 0 Å². The van der Waals surface area contributed by atoms with Gasteiger partial charge in [-0.2, -0.15) is 0 Å². The first-order valence-electron chi connectivity index (χ1n) is 6.74. The van der Waals surface area contributed by atoms with Gasteiger partial charge in [0.15, 0.2) is 0 Å². The van der Waals surface area contributed by atoms with Gasteiger partial charge in [-0.05, 0) is 32.1 Å². The maximum atomic E-state index is 11.6. The Bertz CT molecular complexity index is 460. The minimum atomic E-state index is -0.663. The molecular weight excluding hydrogens is 262 g/mol. The summed E-state index contributed by atoms with van der Waals surface area (Å²) in [4.78, 5) is 16.4. The third kappa shape index (κ3) is 4.03. The maximum absolute atomic E-state index is 11.6. The van der Waals surface area contributed by atoms with Crippen molar-refractivity contribution in [1.29, 1.82) is 0 Å². The molecule has 0 amide bonds. The van der Waals surface area contributed by atoms with Crippen LogP contribution < -0.4 is 4.84 Å². The molecule has 0 saturated heterocycles. The van der Waals surface area contributed by atoms with Crippen LogP contribution in [0.15, 0.2) is 24.3 Å². The number of rotatable bonds is 4. The molecule has 1 heterocycles. The Morgan fingerprint density at radius 1 is 1.20 bits per heavy atom. The molecule has 0 saturated carbocycles. The number of nitrogens with zero attached hydrogens (tertiary/aromatic N) is 1. The van der Waals surface area contributed by atoms with E-state index in [-0.39, 0.29) is 24.5 Å². The molecule has 2 N–H and O–H groups in total. The number of aromatic hydroxyl groups is 2. The molecule has 0 aliphatic heterocycles. The van der Waals surface area contributed by atoms with E-state index in [2.05, 4.69) is 12.2 Å². The highest BCUT2D eigenvalue weighted by molar-refractivity contribution is 5.71. The highest BCUT2D eigenvalue weighted by atomic mass is 16.7. The summed E-state index contributed by atoms with van der Waals surface area (Å²) in [7, 11) is 0. The van der Waals surface area contributed by atoms with E-state index in [0.717, 1.165) is 32.1 Å². The molecule has 1 unspecified atom stereocenters. The van der Waals surface area contributed by atoms with Crippen molar-refractivity contribution >= 4 is 5.97 Å². The van der Waals surface area contributed by atoms with Crippen molar-refractivity contribution in [3.8, 4) is 11.8 Å². The van der Waals surface area contributed by atoms with Crippen LogP contribution in [-0.2, 0) is 9.53 Å². The van der Waals surface area contributed by atoms with Gasteiger partial charge in [0.2, 0.25) is 11.8 Å². The second kappa shape index (κ2) is 7.00. The van der Waals surface area contributed by atoms with Gasteiger partial charge in [0, 0.05) is 12.1 Å². The Balaban J connectivity index is 1.78. The molecule has 110 valence electrons. The van der Waals surface area contributed by atoms with Crippen LogP contribution in [0.1, 0.15) is 32.1 Å². The highest BCUT2D eigenvalue weighted by Crippen LogP contribution is 2.19. The zero-order valence-electron chi connectivity index (χ0n) is 11.2. The number of hydrogen-bond donors (Lipinski definition) is 2. The lowest BCUT2D eigenvalue weighted by Gasteiger charge is -2.17. The van der Waals surface area contributed by atoms with Crippen LogP contribution in [0, 0.1) is 0 Å². The van der Waals surface area contributed by atoms with E-state index in [1.165, 1.54) is 12.1 Å². The lowest BCUT2D eigenvalue weighted by atomic mass is 10.0. The van der Waals surface area contributed by atoms with Gasteiger partial charge in [-0.1, -0.05) is 12.2 Å². The Morgan fingerprint density at radius 2 is 1.90 bits per heavy atom. The zero-order valence-corrected chi connectivity index (χ0v) is 11.2. The molecule has 1 aliphatic rings. The molecule has 20 heavy (non-hydrogen) atoms. The van der Waals surface area contributed by atoms with Crippen LogP contribution in [0.2, 0.25) is 0 Å². The average Bonchev–Trinajstić information content (AvgIpc) is 2.69. The van der Waals surface area contributed by atoms with Gasteiger partial charge in [-0.3, -0.25) is 0 Å². The quantitative estimate of drug-likeness (QED) is 0.822. The number of carbonyl (C=O) groups excluding carboxylic acids is 1. The summed E-state index contributed by atoms with van der Waals surface area (Å²) in [5.74, 6) is -1.34. The maximum Gasteiger partial charge on any atom is 0.358 e. The fraction of sp³-hybridized carbons (Fsp3) is 0.500. The number of allylic oxidation sites excluding steroid dienone is 2. The Labute approximate surface area is 117 Å². The molecule has 0 fully saturated rings. The summed E-state index contributed by atoms with van der Waals surface area (Å²) in [5.41, 5.74) is 0. The predicted molar refractivity (Wildman–Crippen MR) is 71.3 cm³/mol. The van der Waals surface area contributed by atoms with Gasteiger partial charge in [0.25, 0.3) is 0 Å². The molecule has 1 aromatic rings. The molecule has 0 aromatic carbocycles. The molecule has 2 rings (SSSR count). The summed E-state index contributed by atoms with van der Waals surface area (Å²) < 4.78 is 6.18. The van der Waals surface area contributed by atoms with Crippen LogP contribution in [-0.4, -0.2) is 33.6 Å². The third-order valence-electron chi connectivity index (χ3n) is 3.15. The number of aromatic nitrogens is 1. The van der Waals surface area contributed by atoms with Crippen LogP contribution in [0.25, 0.3) is 0 Å². The van der Waals surface area contributed by atoms with E-state index in [0.29, 0.717) is 4.73 Å². The Hall–Kier alpha value is -1.95. The second-order valence-corrected chi connectivity index (χ2v) is 4.72. The molecule has 6 nitrogen and oxygen atoms in total. The predicted octanol–water partition coefficient (Wildman–Crippen LogP) is 1.76. The van der Waals surface area contributed by atoms with E-state index in [1.54, 1.807) is 0 Å². The fourth-order valence-corrected chi connectivity index (χ4v) is 2.10. The molecular formula is C14H19NO5. The van der Waals surface area contributed by atoms with Crippen molar-refractivity contribution in [2.24, 2.45) is 0 Å². The number of hydrogen-bond acceptors (Lipinski definition) is 5. The largest absolute Gasteiger partial charge is 0.492 e. The molecule has 0 bridgehead atoms.